The molecule has 198 valence electrons. The Labute approximate surface area is 224 Å². The number of nitrogens with one attached hydrogen (secondary N) is 1. The molecule has 7 nitrogen and oxygen atoms in total. The Hall–Kier alpha value is -3.49. The SMILES string of the molecule is CC(C)(C(=O)Nc1ccc(C(=O)c2ccccc2)cc1)N1CCC2(CC1)CN(S(C)(=O)=O)c1ccccc12. The molecule has 0 saturated carbocycles. The fraction of sp³-hybridized carbons (Fsp3) is 0.333. The van der Waals surface area contributed by atoms with E-state index in [9.17, 15) is 18.0 Å². The van der Waals surface area contributed by atoms with Crippen molar-refractivity contribution < 1.29 is 18.0 Å². The summed E-state index contributed by atoms with van der Waals surface area (Å²) in [6.45, 7) is 5.63. The number of fused-ring (bicyclic) bond motifs is 2. The van der Waals surface area contributed by atoms with Gasteiger partial charge in [-0.15, -0.1) is 0 Å². The number of hydrogen-bond acceptors (Lipinski definition) is 5. The molecule has 1 spiro atoms. The number of piperidine rings is 1. The fourth-order valence-corrected chi connectivity index (χ4v) is 6.69. The van der Waals surface area contributed by atoms with Gasteiger partial charge >= 0.3 is 0 Å². The number of ketones is 1. The predicted octanol–water partition coefficient (Wildman–Crippen LogP) is 4.45. The van der Waals surface area contributed by atoms with Gasteiger partial charge in [-0.3, -0.25) is 18.8 Å². The van der Waals surface area contributed by atoms with Crippen molar-refractivity contribution in [1.29, 1.82) is 0 Å². The van der Waals surface area contributed by atoms with Gasteiger partial charge in [0.25, 0.3) is 0 Å². The Bertz CT molecular complexity index is 1460. The van der Waals surface area contributed by atoms with E-state index in [1.54, 1.807) is 36.4 Å². The third-order valence-corrected chi connectivity index (χ3v) is 9.22. The Kier molecular flexibility index (Phi) is 6.65. The normalized spacial score (nSPS) is 17.3. The van der Waals surface area contributed by atoms with Crippen LogP contribution in [-0.4, -0.2) is 56.4 Å². The smallest absolute Gasteiger partial charge is 0.244 e. The first kappa shape index (κ1) is 26.1. The van der Waals surface area contributed by atoms with Crippen LogP contribution in [0.5, 0.6) is 0 Å². The van der Waals surface area contributed by atoms with Gasteiger partial charge in [-0.05, 0) is 62.6 Å². The lowest BCUT2D eigenvalue weighted by atomic mass is 9.73. The highest BCUT2D eigenvalue weighted by atomic mass is 32.2. The van der Waals surface area contributed by atoms with E-state index in [2.05, 4.69) is 10.2 Å². The monoisotopic (exact) mass is 531 g/mol. The molecule has 0 aliphatic carbocycles. The number of carbonyl (C=O) groups excluding carboxylic acids is 2. The van der Waals surface area contributed by atoms with Crippen molar-refractivity contribution in [2.24, 2.45) is 0 Å². The standard InChI is InChI=1S/C30H33N3O4S/c1-29(2,28(35)31-24-15-13-23(14-16-24)27(34)22-9-5-4-6-10-22)32-19-17-30(18-20-32)21-33(38(3,36)37)26-12-8-7-11-25(26)30/h4-16H,17-21H2,1-3H3,(H,31,35). The van der Waals surface area contributed by atoms with Crippen LogP contribution in [0.1, 0.15) is 48.2 Å². The number of benzene rings is 3. The molecular formula is C30H33N3O4S. The molecule has 3 aromatic carbocycles. The lowest BCUT2D eigenvalue weighted by Crippen LogP contribution is -2.57. The van der Waals surface area contributed by atoms with Crippen LogP contribution in [0.15, 0.2) is 78.9 Å². The molecule has 0 bridgehead atoms. The van der Waals surface area contributed by atoms with Gasteiger partial charge in [0, 0.05) is 41.9 Å². The summed E-state index contributed by atoms with van der Waals surface area (Å²) in [6.07, 6.45) is 2.79. The molecule has 1 saturated heterocycles. The van der Waals surface area contributed by atoms with Crippen molar-refractivity contribution >= 4 is 33.1 Å². The van der Waals surface area contributed by atoms with Crippen LogP contribution in [0, 0.1) is 0 Å². The molecule has 38 heavy (non-hydrogen) atoms. The molecule has 1 amide bonds. The zero-order valence-corrected chi connectivity index (χ0v) is 22.8. The minimum Gasteiger partial charge on any atom is -0.324 e. The predicted molar refractivity (Wildman–Crippen MR) is 150 cm³/mol. The van der Waals surface area contributed by atoms with E-state index in [-0.39, 0.29) is 17.1 Å². The van der Waals surface area contributed by atoms with Gasteiger partial charge < -0.3 is 5.32 Å². The first-order valence-corrected chi connectivity index (χ1v) is 14.7. The molecule has 0 unspecified atom stereocenters. The molecule has 5 rings (SSSR count). The summed E-state index contributed by atoms with van der Waals surface area (Å²) in [6, 6.07) is 23.8. The van der Waals surface area contributed by atoms with Crippen molar-refractivity contribution in [1.82, 2.24) is 4.90 Å². The molecular weight excluding hydrogens is 498 g/mol. The second-order valence-corrected chi connectivity index (χ2v) is 12.7. The van der Waals surface area contributed by atoms with Crippen LogP contribution in [0.25, 0.3) is 0 Å². The molecule has 3 aromatic rings. The number of likely N-dealkylation sites (tertiary alicyclic amines) is 1. The zero-order chi connectivity index (χ0) is 27.1. The summed E-state index contributed by atoms with van der Waals surface area (Å²) >= 11 is 0. The molecule has 0 radical (unpaired) electrons. The molecule has 1 fully saturated rings. The highest BCUT2D eigenvalue weighted by Gasteiger charge is 2.49. The van der Waals surface area contributed by atoms with Gasteiger partial charge in [0.2, 0.25) is 15.9 Å². The maximum Gasteiger partial charge on any atom is 0.244 e. The minimum absolute atomic E-state index is 0.0611. The highest BCUT2D eigenvalue weighted by molar-refractivity contribution is 7.92. The van der Waals surface area contributed by atoms with Crippen LogP contribution >= 0.6 is 0 Å². The summed E-state index contributed by atoms with van der Waals surface area (Å²) in [5.41, 5.74) is 2.66. The first-order chi connectivity index (χ1) is 18.0. The number of amides is 1. The summed E-state index contributed by atoms with van der Waals surface area (Å²) in [5, 5.41) is 3.01. The lowest BCUT2D eigenvalue weighted by molar-refractivity contribution is -0.127. The topological polar surface area (TPSA) is 86.8 Å². The van der Waals surface area contributed by atoms with Gasteiger partial charge in [-0.1, -0.05) is 48.5 Å². The van der Waals surface area contributed by atoms with Gasteiger partial charge in [-0.25, -0.2) is 8.42 Å². The average Bonchev–Trinajstić information content (AvgIpc) is 3.24. The van der Waals surface area contributed by atoms with E-state index in [0.717, 1.165) is 24.1 Å². The molecule has 2 aliphatic rings. The third kappa shape index (κ3) is 4.74. The lowest BCUT2D eigenvalue weighted by Gasteiger charge is -2.45. The second-order valence-electron chi connectivity index (χ2n) is 10.8. The molecule has 8 heteroatoms. The number of hydrogen-bond donors (Lipinski definition) is 1. The Balaban J connectivity index is 1.25. The largest absolute Gasteiger partial charge is 0.324 e. The van der Waals surface area contributed by atoms with E-state index in [0.29, 0.717) is 36.4 Å². The van der Waals surface area contributed by atoms with Crippen LogP contribution in [0.3, 0.4) is 0 Å². The van der Waals surface area contributed by atoms with Crippen LogP contribution < -0.4 is 9.62 Å². The molecule has 0 atom stereocenters. The van der Waals surface area contributed by atoms with Crippen molar-refractivity contribution in [2.75, 3.05) is 35.5 Å². The zero-order valence-electron chi connectivity index (χ0n) is 22.0. The summed E-state index contributed by atoms with van der Waals surface area (Å²) in [5.74, 6) is -0.186. The Morgan fingerprint density at radius 3 is 2.05 bits per heavy atom. The van der Waals surface area contributed by atoms with E-state index < -0.39 is 15.6 Å². The number of rotatable bonds is 6. The highest BCUT2D eigenvalue weighted by Crippen LogP contribution is 2.48. The number of nitrogens with zero attached hydrogens (tertiary/aromatic N) is 2. The molecule has 2 heterocycles. The average molecular weight is 532 g/mol. The Morgan fingerprint density at radius 1 is 0.842 bits per heavy atom. The van der Waals surface area contributed by atoms with E-state index in [1.807, 2.05) is 56.3 Å². The third-order valence-electron chi connectivity index (χ3n) is 8.10. The van der Waals surface area contributed by atoms with Crippen LogP contribution in [-0.2, 0) is 20.2 Å². The van der Waals surface area contributed by atoms with Crippen molar-refractivity contribution in [3.63, 3.8) is 0 Å². The summed E-state index contributed by atoms with van der Waals surface area (Å²) in [4.78, 5) is 28.2. The van der Waals surface area contributed by atoms with E-state index in [4.69, 9.17) is 0 Å². The maximum atomic E-state index is 13.4. The minimum atomic E-state index is -3.37. The van der Waals surface area contributed by atoms with Gasteiger partial charge in [-0.2, -0.15) is 0 Å². The molecule has 0 aromatic heterocycles. The fourth-order valence-electron chi connectivity index (χ4n) is 5.69. The van der Waals surface area contributed by atoms with Crippen molar-refractivity contribution in [2.45, 2.75) is 37.6 Å². The quantitative estimate of drug-likeness (QED) is 0.475. The summed E-state index contributed by atoms with van der Waals surface area (Å²) < 4.78 is 26.5. The number of sulfonamides is 1. The van der Waals surface area contributed by atoms with Crippen LogP contribution in [0.2, 0.25) is 0 Å². The number of para-hydroxylation sites is 1. The molecule has 1 N–H and O–H groups in total. The first-order valence-electron chi connectivity index (χ1n) is 12.8. The summed E-state index contributed by atoms with van der Waals surface area (Å²) in [7, 11) is -3.37. The molecule has 2 aliphatic heterocycles. The maximum absolute atomic E-state index is 13.4. The second kappa shape index (κ2) is 9.67. The number of carbonyl (C=O) groups is 2. The van der Waals surface area contributed by atoms with E-state index in [1.165, 1.54) is 10.6 Å². The van der Waals surface area contributed by atoms with Gasteiger partial charge in [0.1, 0.15) is 0 Å². The van der Waals surface area contributed by atoms with Crippen molar-refractivity contribution in [3.05, 3.63) is 95.6 Å². The van der Waals surface area contributed by atoms with Gasteiger partial charge in [0.15, 0.2) is 5.78 Å². The Morgan fingerprint density at radius 2 is 1.42 bits per heavy atom. The number of anilines is 2. The van der Waals surface area contributed by atoms with E-state index >= 15 is 0 Å². The van der Waals surface area contributed by atoms with Crippen molar-refractivity contribution in [3.8, 4) is 0 Å². The van der Waals surface area contributed by atoms with Crippen LogP contribution in [0.4, 0.5) is 11.4 Å². The van der Waals surface area contributed by atoms with Gasteiger partial charge in [0.05, 0.1) is 17.5 Å².